The van der Waals surface area contributed by atoms with Crippen LogP contribution in [-0.2, 0) is 6.54 Å². The number of fused-ring (bicyclic) bond motifs is 2. The van der Waals surface area contributed by atoms with Crippen LogP contribution in [0.4, 0.5) is 0 Å². The molecule has 0 radical (unpaired) electrons. The second-order valence-electron chi connectivity index (χ2n) is 9.26. The summed E-state index contributed by atoms with van der Waals surface area (Å²) in [7, 11) is 0. The second-order valence-corrected chi connectivity index (χ2v) is 10.0. The monoisotopic (exact) mass is 528 g/mol. The minimum Gasteiger partial charge on any atom is -0.352 e. The van der Waals surface area contributed by atoms with E-state index in [9.17, 15) is 0 Å². The summed E-state index contributed by atoms with van der Waals surface area (Å²) in [5, 5.41) is 16.6. The first kappa shape index (κ1) is 24.7. The fourth-order valence-electron chi connectivity index (χ4n) is 4.71. The first-order valence-corrected chi connectivity index (χ1v) is 13.8. The number of hydrogen-bond donors (Lipinski definition) is 3. The van der Waals surface area contributed by atoms with Crippen molar-refractivity contribution >= 4 is 38.8 Å². The number of thiophene rings is 1. The van der Waals surface area contributed by atoms with E-state index in [1.54, 1.807) is 11.3 Å². The summed E-state index contributed by atoms with van der Waals surface area (Å²) in [6.07, 6.45) is 9.88. The van der Waals surface area contributed by atoms with E-state index >= 15 is 0 Å². The van der Waals surface area contributed by atoms with Crippen LogP contribution < -0.4 is 5.32 Å². The van der Waals surface area contributed by atoms with E-state index in [0.717, 1.165) is 67.8 Å². The maximum atomic E-state index is 5.05. The van der Waals surface area contributed by atoms with Crippen LogP contribution in [0.1, 0.15) is 18.2 Å². The molecule has 192 valence electrons. The quantitative estimate of drug-likeness (QED) is 0.169. The molecule has 0 aliphatic heterocycles. The van der Waals surface area contributed by atoms with Crippen molar-refractivity contribution < 1.29 is 0 Å². The Kier molecular flexibility index (Phi) is 6.99. The molecule has 6 rings (SSSR count). The standard InChI is InChI=1S/C32H28N6S/c1-3-21(16-33-17-22-8-6-5-7-9-22)14-23(4-2)27-10-11-28-31(36-27)32(38-37-28)29-15-25-26(24-12-13-39-20-24)18-34-19-30(25)35-29/h3-15,18-20,33,35H,1,16-17H2,2H3,(H,37,38)/b21-14+,23-4+. The van der Waals surface area contributed by atoms with Gasteiger partial charge in [0.2, 0.25) is 0 Å². The number of H-pyrrole nitrogens is 2. The van der Waals surface area contributed by atoms with Gasteiger partial charge in [0.05, 0.1) is 28.6 Å². The molecule has 0 amide bonds. The summed E-state index contributed by atoms with van der Waals surface area (Å²) in [5.74, 6) is 0. The third-order valence-corrected chi connectivity index (χ3v) is 7.43. The molecule has 0 unspecified atom stereocenters. The van der Waals surface area contributed by atoms with Crippen LogP contribution in [0, 0.1) is 0 Å². The van der Waals surface area contributed by atoms with Gasteiger partial charge in [-0.15, -0.1) is 0 Å². The number of allylic oxidation sites excluding steroid dienone is 3. The molecule has 6 aromatic rings. The van der Waals surface area contributed by atoms with Crippen molar-refractivity contribution in [3.05, 3.63) is 119 Å². The van der Waals surface area contributed by atoms with Gasteiger partial charge in [0.15, 0.2) is 0 Å². The van der Waals surface area contributed by atoms with Crippen molar-refractivity contribution in [2.75, 3.05) is 6.54 Å². The number of pyridine rings is 2. The lowest BCUT2D eigenvalue weighted by molar-refractivity contribution is 0.747. The van der Waals surface area contributed by atoms with Crippen molar-refractivity contribution in [3.8, 4) is 22.5 Å². The van der Waals surface area contributed by atoms with E-state index in [2.05, 4.69) is 91.4 Å². The van der Waals surface area contributed by atoms with Crippen LogP contribution in [0.2, 0.25) is 0 Å². The highest BCUT2D eigenvalue weighted by atomic mass is 32.1. The molecule has 0 bridgehead atoms. The number of nitrogens with one attached hydrogen (secondary N) is 3. The molecule has 0 aliphatic carbocycles. The molecule has 6 nitrogen and oxygen atoms in total. The molecule has 0 spiro atoms. The van der Waals surface area contributed by atoms with Crippen molar-refractivity contribution in [2.45, 2.75) is 13.5 Å². The molecule has 3 N–H and O–H groups in total. The van der Waals surface area contributed by atoms with Gasteiger partial charge in [0.25, 0.3) is 0 Å². The average Bonchev–Trinajstić information content (AvgIpc) is 3.74. The predicted octanol–water partition coefficient (Wildman–Crippen LogP) is 7.54. The average molecular weight is 529 g/mol. The first-order valence-electron chi connectivity index (χ1n) is 12.8. The van der Waals surface area contributed by atoms with E-state index in [4.69, 9.17) is 4.98 Å². The molecule has 5 aromatic heterocycles. The van der Waals surface area contributed by atoms with Gasteiger partial charge in [0, 0.05) is 30.2 Å². The molecule has 0 fully saturated rings. The zero-order valence-corrected chi connectivity index (χ0v) is 22.4. The molecule has 7 heteroatoms. The van der Waals surface area contributed by atoms with Gasteiger partial charge in [0.1, 0.15) is 11.2 Å². The molecular formula is C32H28N6S. The molecule has 1 aromatic carbocycles. The van der Waals surface area contributed by atoms with Crippen molar-refractivity contribution in [2.24, 2.45) is 0 Å². The van der Waals surface area contributed by atoms with E-state index in [-0.39, 0.29) is 0 Å². The molecule has 5 heterocycles. The summed E-state index contributed by atoms with van der Waals surface area (Å²) in [5.41, 5.74) is 10.9. The summed E-state index contributed by atoms with van der Waals surface area (Å²) >= 11 is 1.68. The maximum absolute atomic E-state index is 5.05. The Balaban J connectivity index is 1.30. The lowest BCUT2D eigenvalue weighted by Gasteiger charge is -2.08. The number of rotatable bonds is 9. The first-order chi connectivity index (χ1) is 19.2. The topological polar surface area (TPSA) is 82.3 Å². The zero-order valence-electron chi connectivity index (χ0n) is 21.6. The molecule has 0 atom stereocenters. The molecular weight excluding hydrogens is 500 g/mol. The highest BCUT2D eigenvalue weighted by Crippen LogP contribution is 2.34. The number of nitrogens with zero attached hydrogens (tertiary/aromatic N) is 3. The van der Waals surface area contributed by atoms with Gasteiger partial charge in [-0.3, -0.25) is 10.1 Å². The lowest BCUT2D eigenvalue weighted by Crippen LogP contribution is -2.16. The minimum atomic E-state index is 0.713. The highest BCUT2D eigenvalue weighted by Gasteiger charge is 2.16. The Morgan fingerprint density at radius 2 is 1.97 bits per heavy atom. The van der Waals surface area contributed by atoms with E-state index in [1.165, 1.54) is 5.56 Å². The van der Waals surface area contributed by atoms with Crippen LogP contribution in [0.3, 0.4) is 0 Å². The van der Waals surface area contributed by atoms with E-state index in [1.807, 2.05) is 43.6 Å². The highest BCUT2D eigenvalue weighted by molar-refractivity contribution is 7.08. The Morgan fingerprint density at radius 3 is 2.77 bits per heavy atom. The minimum absolute atomic E-state index is 0.713. The number of hydrogen-bond acceptors (Lipinski definition) is 5. The Bertz CT molecular complexity index is 1810. The van der Waals surface area contributed by atoms with Crippen LogP contribution in [0.15, 0.2) is 108 Å². The third-order valence-electron chi connectivity index (χ3n) is 6.75. The molecule has 0 saturated heterocycles. The Hall–Kier alpha value is -4.59. The lowest BCUT2D eigenvalue weighted by atomic mass is 10.1. The molecule has 39 heavy (non-hydrogen) atoms. The van der Waals surface area contributed by atoms with E-state index in [0.29, 0.717) is 6.54 Å². The van der Waals surface area contributed by atoms with Crippen molar-refractivity contribution in [3.63, 3.8) is 0 Å². The number of aromatic nitrogens is 5. The van der Waals surface area contributed by atoms with Crippen molar-refractivity contribution in [1.29, 1.82) is 0 Å². The summed E-state index contributed by atoms with van der Waals surface area (Å²) in [6.45, 7) is 7.57. The number of aromatic amines is 2. The third kappa shape index (κ3) is 5.10. The predicted molar refractivity (Wildman–Crippen MR) is 162 cm³/mol. The fraction of sp³-hybridized carbons (Fsp3) is 0.0938. The van der Waals surface area contributed by atoms with Crippen LogP contribution in [0.5, 0.6) is 0 Å². The summed E-state index contributed by atoms with van der Waals surface area (Å²) in [6, 6.07) is 18.7. The Labute approximate surface area is 230 Å². The largest absolute Gasteiger partial charge is 0.352 e. The van der Waals surface area contributed by atoms with Gasteiger partial charge in [-0.1, -0.05) is 49.1 Å². The van der Waals surface area contributed by atoms with Crippen molar-refractivity contribution in [1.82, 2.24) is 30.5 Å². The molecule has 0 aliphatic rings. The van der Waals surface area contributed by atoms with Gasteiger partial charge in [-0.25, -0.2) is 4.98 Å². The van der Waals surface area contributed by atoms with Gasteiger partial charge < -0.3 is 10.3 Å². The second kappa shape index (κ2) is 11.0. The van der Waals surface area contributed by atoms with Crippen LogP contribution in [0.25, 0.3) is 50.0 Å². The van der Waals surface area contributed by atoms with Gasteiger partial charge >= 0.3 is 0 Å². The summed E-state index contributed by atoms with van der Waals surface area (Å²) in [4.78, 5) is 13.0. The van der Waals surface area contributed by atoms with Crippen LogP contribution >= 0.6 is 11.3 Å². The van der Waals surface area contributed by atoms with Gasteiger partial charge in [-0.05, 0) is 70.3 Å². The Morgan fingerprint density at radius 1 is 1.08 bits per heavy atom. The van der Waals surface area contributed by atoms with E-state index < -0.39 is 0 Å². The van der Waals surface area contributed by atoms with Gasteiger partial charge in [-0.2, -0.15) is 16.4 Å². The SMILES string of the molecule is C=C/C(=C\C(=C/C)c1ccc2[nH]nc(-c3cc4c(-c5ccsc5)cncc4[nH]3)c2n1)CNCc1ccccc1. The summed E-state index contributed by atoms with van der Waals surface area (Å²) < 4.78 is 0. The molecule has 0 saturated carbocycles. The maximum Gasteiger partial charge on any atom is 0.135 e. The fourth-order valence-corrected chi connectivity index (χ4v) is 5.36. The zero-order chi connectivity index (χ0) is 26.6. The number of benzene rings is 1. The van der Waals surface area contributed by atoms with Crippen LogP contribution in [-0.4, -0.2) is 31.7 Å². The smallest absolute Gasteiger partial charge is 0.135 e. The normalized spacial score (nSPS) is 12.4.